The van der Waals surface area contributed by atoms with E-state index in [0.717, 1.165) is 25.7 Å². The Kier molecular flexibility index (Phi) is 10.2. The molecule has 0 spiro atoms. The Bertz CT molecular complexity index is 697. The fraction of sp³-hybridized carbons (Fsp3) is 0.840. The Morgan fingerprint density at radius 3 is 1.44 bits per heavy atom. The third-order valence-corrected chi connectivity index (χ3v) is 7.35. The number of esters is 3. The van der Waals surface area contributed by atoms with E-state index < -0.39 is 5.97 Å². The van der Waals surface area contributed by atoms with Gasteiger partial charge in [0.1, 0.15) is 18.8 Å². The van der Waals surface area contributed by atoms with Crippen molar-refractivity contribution in [3.8, 4) is 0 Å². The molecule has 0 amide bonds. The summed E-state index contributed by atoms with van der Waals surface area (Å²) in [7, 11) is 0. The smallest absolute Gasteiger partial charge is 0.309 e. The second-order valence-electron chi connectivity index (χ2n) is 9.84. The average Bonchev–Trinajstić information content (AvgIpc) is 2.83. The van der Waals surface area contributed by atoms with Crippen LogP contribution in [0.4, 0.5) is 0 Å². The van der Waals surface area contributed by atoms with Gasteiger partial charge < -0.3 is 24.1 Å². The molecule has 3 saturated carbocycles. The molecule has 0 radical (unpaired) electrons. The quantitative estimate of drug-likeness (QED) is 0.299. The maximum Gasteiger partial charge on any atom is 0.309 e. The van der Waals surface area contributed by atoms with Crippen LogP contribution in [0.3, 0.4) is 0 Å². The van der Waals surface area contributed by atoms with Gasteiger partial charge in [-0.3, -0.25) is 19.2 Å². The van der Waals surface area contributed by atoms with Crippen molar-refractivity contribution < 1.29 is 43.2 Å². The molecule has 9 heteroatoms. The summed E-state index contributed by atoms with van der Waals surface area (Å²) in [5.74, 6) is -2.05. The van der Waals surface area contributed by atoms with E-state index in [1.807, 2.05) is 0 Å². The zero-order valence-electron chi connectivity index (χ0n) is 20.1. The van der Waals surface area contributed by atoms with Crippen LogP contribution >= 0.6 is 0 Å². The molecule has 3 fully saturated rings. The monoisotopic (exact) mass is 482 g/mol. The first kappa shape index (κ1) is 26.4. The molecular weight excluding hydrogens is 444 g/mol. The van der Waals surface area contributed by atoms with Gasteiger partial charge in [-0.2, -0.15) is 0 Å². The molecule has 0 aromatic heterocycles. The third-order valence-electron chi connectivity index (χ3n) is 7.35. The van der Waals surface area contributed by atoms with Gasteiger partial charge in [0.15, 0.2) is 0 Å². The van der Waals surface area contributed by atoms with Gasteiger partial charge in [-0.25, -0.2) is 0 Å². The van der Waals surface area contributed by atoms with Gasteiger partial charge in [0.25, 0.3) is 0 Å². The lowest BCUT2D eigenvalue weighted by Crippen LogP contribution is -2.34. The fourth-order valence-electron chi connectivity index (χ4n) is 5.23. The number of rotatable bonds is 9. The average molecular weight is 483 g/mol. The van der Waals surface area contributed by atoms with Crippen LogP contribution in [0, 0.1) is 17.8 Å². The molecule has 3 rings (SSSR count). The Morgan fingerprint density at radius 2 is 1.03 bits per heavy atom. The molecule has 0 aromatic carbocycles. The van der Waals surface area contributed by atoms with E-state index in [0.29, 0.717) is 58.0 Å². The Labute approximate surface area is 200 Å². The molecular formula is C25H38O9. The van der Waals surface area contributed by atoms with E-state index in [4.69, 9.17) is 24.1 Å². The highest BCUT2D eigenvalue weighted by Crippen LogP contribution is 2.33. The highest BCUT2D eigenvalue weighted by atomic mass is 16.6. The van der Waals surface area contributed by atoms with Crippen LogP contribution in [0.1, 0.15) is 84.0 Å². The second kappa shape index (κ2) is 13.1. The van der Waals surface area contributed by atoms with E-state index >= 15 is 0 Å². The summed E-state index contributed by atoms with van der Waals surface area (Å²) in [4.78, 5) is 47.0. The first-order valence-electron chi connectivity index (χ1n) is 12.7. The van der Waals surface area contributed by atoms with E-state index in [1.54, 1.807) is 0 Å². The van der Waals surface area contributed by atoms with Crippen molar-refractivity contribution in [2.75, 3.05) is 13.2 Å². The van der Waals surface area contributed by atoms with Crippen LogP contribution in [0.25, 0.3) is 0 Å². The molecule has 3 aliphatic carbocycles. The van der Waals surface area contributed by atoms with Crippen molar-refractivity contribution in [2.24, 2.45) is 17.8 Å². The molecule has 0 unspecified atom stereocenters. The van der Waals surface area contributed by atoms with Gasteiger partial charge in [0, 0.05) is 6.92 Å². The standard InChI is InChI=1S/C25H38O9/c1-16(26)31-14-15-32-20-8-4-18(5-9-20)24(29)34-22-12-6-19(7-13-22)25(30)33-21-10-2-17(3-11-21)23(27)28/h17-22H,2-15H2,1H3,(H,27,28). The minimum atomic E-state index is -0.768. The topological polar surface area (TPSA) is 125 Å². The summed E-state index contributed by atoms with van der Waals surface area (Å²) in [5, 5.41) is 9.08. The van der Waals surface area contributed by atoms with Crippen molar-refractivity contribution in [2.45, 2.75) is 102 Å². The second-order valence-corrected chi connectivity index (χ2v) is 9.84. The number of carboxylic acid groups (broad SMARTS) is 1. The van der Waals surface area contributed by atoms with Gasteiger partial charge in [0.2, 0.25) is 0 Å². The molecule has 9 nitrogen and oxygen atoms in total. The van der Waals surface area contributed by atoms with Crippen LogP contribution in [-0.4, -0.2) is 60.5 Å². The first-order chi connectivity index (χ1) is 16.3. The number of aliphatic carboxylic acids is 1. The molecule has 34 heavy (non-hydrogen) atoms. The number of ether oxygens (including phenoxy) is 4. The molecule has 3 aliphatic rings. The van der Waals surface area contributed by atoms with Crippen molar-refractivity contribution in [3.63, 3.8) is 0 Å². The third kappa shape index (κ3) is 8.25. The number of carboxylic acids is 1. The summed E-state index contributed by atoms with van der Waals surface area (Å²) in [6.45, 7) is 1.99. The summed E-state index contributed by atoms with van der Waals surface area (Å²) in [6.07, 6.45) is 7.69. The molecule has 0 bridgehead atoms. The molecule has 1 N–H and O–H groups in total. The maximum atomic E-state index is 12.6. The zero-order valence-corrected chi connectivity index (χ0v) is 20.1. The predicted octanol–water partition coefficient (Wildman–Crippen LogP) is 3.41. The van der Waals surface area contributed by atoms with Gasteiger partial charge in [-0.1, -0.05) is 0 Å². The van der Waals surface area contributed by atoms with Crippen LogP contribution in [0.5, 0.6) is 0 Å². The van der Waals surface area contributed by atoms with Crippen LogP contribution < -0.4 is 0 Å². The molecule has 0 saturated heterocycles. The zero-order chi connectivity index (χ0) is 24.5. The number of carbonyl (C=O) groups is 4. The summed E-state index contributed by atoms with van der Waals surface area (Å²) in [5.41, 5.74) is 0. The lowest BCUT2D eigenvalue weighted by molar-refractivity contribution is -0.162. The Hall–Kier alpha value is -2.16. The summed E-state index contributed by atoms with van der Waals surface area (Å²) < 4.78 is 22.0. The van der Waals surface area contributed by atoms with Crippen molar-refractivity contribution in [1.29, 1.82) is 0 Å². The van der Waals surface area contributed by atoms with Gasteiger partial charge in [0.05, 0.1) is 30.5 Å². The Balaban J connectivity index is 1.28. The highest BCUT2D eigenvalue weighted by molar-refractivity contribution is 5.74. The highest BCUT2D eigenvalue weighted by Gasteiger charge is 2.34. The minimum Gasteiger partial charge on any atom is -0.481 e. The molecule has 0 aliphatic heterocycles. The SMILES string of the molecule is CC(=O)OCCOC1CCC(C(=O)OC2CCC(C(=O)OC3CCC(C(=O)O)CC3)CC2)CC1. The van der Waals surface area contributed by atoms with Crippen LogP contribution in [-0.2, 0) is 38.1 Å². The maximum absolute atomic E-state index is 12.6. The van der Waals surface area contributed by atoms with Crippen molar-refractivity contribution >= 4 is 23.9 Å². The lowest BCUT2D eigenvalue weighted by Gasteiger charge is -2.32. The summed E-state index contributed by atoms with van der Waals surface area (Å²) in [6, 6.07) is 0. The number of carbonyl (C=O) groups excluding carboxylic acids is 3. The first-order valence-corrected chi connectivity index (χ1v) is 12.7. The molecule has 192 valence electrons. The molecule has 0 atom stereocenters. The normalized spacial score (nSPS) is 31.8. The molecule has 0 aromatic rings. The number of hydrogen-bond donors (Lipinski definition) is 1. The largest absolute Gasteiger partial charge is 0.481 e. The molecule has 0 heterocycles. The fourth-order valence-corrected chi connectivity index (χ4v) is 5.23. The van der Waals surface area contributed by atoms with Gasteiger partial charge >= 0.3 is 23.9 Å². The van der Waals surface area contributed by atoms with Crippen molar-refractivity contribution in [3.05, 3.63) is 0 Å². The van der Waals surface area contributed by atoms with E-state index in [9.17, 15) is 19.2 Å². The lowest BCUT2D eigenvalue weighted by atomic mass is 9.85. The van der Waals surface area contributed by atoms with Gasteiger partial charge in [-0.15, -0.1) is 0 Å². The van der Waals surface area contributed by atoms with Gasteiger partial charge in [-0.05, 0) is 77.0 Å². The van der Waals surface area contributed by atoms with Crippen LogP contribution in [0.2, 0.25) is 0 Å². The van der Waals surface area contributed by atoms with E-state index in [2.05, 4.69) is 0 Å². The Morgan fingerprint density at radius 1 is 0.618 bits per heavy atom. The van der Waals surface area contributed by atoms with Crippen molar-refractivity contribution in [1.82, 2.24) is 0 Å². The van der Waals surface area contributed by atoms with Crippen LogP contribution in [0.15, 0.2) is 0 Å². The minimum absolute atomic E-state index is 0.0836. The van der Waals surface area contributed by atoms with E-state index in [1.165, 1.54) is 6.92 Å². The number of hydrogen-bond acceptors (Lipinski definition) is 8. The summed E-state index contributed by atoms with van der Waals surface area (Å²) >= 11 is 0. The predicted molar refractivity (Wildman–Crippen MR) is 120 cm³/mol. The van der Waals surface area contributed by atoms with E-state index in [-0.39, 0.29) is 60.6 Å².